The third-order valence-corrected chi connectivity index (χ3v) is 13.5. The molecule has 1 heteroatoms. The maximum absolute atomic E-state index is 2.50. The van der Waals surface area contributed by atoms with Crippen LogP contribution in [-0.2, 0) is 10.8 Å². The van der Waals surface area contributed by atoms with Crippen LogP contribution in [0.25, 0.3) is 55.6 Å². The van der Waals surface area contributed by atoms with Gasteiger partial charge in [0.25, 0.3) is 0 Å². The molecule has 9 aromatic carbocycles. The highest BCUT2D eigenvalue weighted by Crippen LogP contribution is 2.63. The SMILES string of the molecule is CC1(C)c2ccccc2-c2ccc(-c3ccccc3N(c3ccc(-c4ccccc4)cc3)c3ccc4c(c3)C3(c5ccccc5-c5ccccc53)c3ccccc3-4)cc21. The summed E-state index contributed by atoms with van der Waals surface area (Å²) in [6, 6.07) is 79.2. The molecule has 0 heterocycles. The van der Waals surface area contributed by atoms with Crippen LogP contribution in [0.5, 0.6) is 0 Å². The van der Waals surface area contributed by atoms with Crippen LogP contribution in [-0.4, -0.2) is 0 Å². The van der Waals surface area contributed by atoms with Crippen LogP contribution in [0.1, 0.15) is 47.2 Å². The molecule has 0 saturated carbocycles. The lowest BCUT2D eigenvalue weighted by Crippen LogP contribution is -2.26. The van der Waals surface area contributed by atoms with Crippen molar-refractivity contribution in [1.29, 1.82) is 0 Å². The third kappa shape index (κ3) is 4.73. The summed E-state index contributed by atoms with van der Waals surface area (Å²) >= 11 is 0. The molecule has 0 atom stereocenters. The van der Waals surface area contributed by atoms with E-state index >= 15 is 0 Å². The van der Waals surface area contributed by atoms with Gasteiger partial charge < -0.3 is 4.90 Å². The van der Waals surface area contributed by atoms with Gasteiger partial charge in [0, 0.05) is 22.4 Å². The Labute approximate surface area is 346 Å². The van der Waals surface area contributed by atoms with E-state index in [1.54, 1.807) is 0 Å². The molecule has 0 unspecified atom stereocenters. The Morgan fingerprint density at radius 1 is 0.288 bits per heavy atom. The second-order valence-corrected chi connectivity index (χ2v) is 16.8. The van der Waals surface area contributed by atoms with Crippen LogP contribution in [0.2, 0.25) is 0 Å². The summed E-state index contributed by atoms with van der Waals surface area (Å²) in [6.07, 6.45) is 0. The van der Waals surface area contributed by atoms with Gasteiger partial charge in [-0.15, -0.1) is 0 Å². The van der Waals surface area contributed by atoms with E-state index in [1.165, 1.54) is 89.0 Å². The first kappa shape index (κ1) is 33.9. The van der Waals surface area contributed by atoms with E-state index in [1.807, 2.05) is 0 Å². The molecule has 278 valence electrons. The zero-order chi connectivity index (χ0) is 39.3. The van der Waals surface area contributed by atoms with Crippen LogP contribution >= 0.6 is 0 Å². The molecule has 59 heavy (non-hydrogen) atoms. The summed E-state index contributed by atoms with van der Waals surface area (Å²) in [5, 5.41) is 0. The van der Waals surface area contributed by atoms with E-state index < -0.39 is 5.41 Å². The normalized spacial score (nSPS) is 14.2. The molecule has 0 N–H and O–H groups in total. The van der Waals surface area contributed by atoms with Gasteiger partial charge in [-0.1, -0.05) is 190 Å². The molecule has 0 fully saturated rings. The van der Waals surface area contributed by atoms with Crippen LogP contribution in [0.4, 0.5) is 17.1 Å². The number of fused-ring (bicyclic) bond motifs is 13. The van der Waals surface area contributed by atoms with Gasteiger partial charge in [0.1, 0.15) is 0 Å². The van der Waals surface area contributed by atoms with Crippen LogP contribution in [0.15, 0.2) is 212 Å². The molecule has 1 spiro atoms. The van der Waals surface area contributed by atoms with Gasteiger partial charge in [0.2, 0.25) is 0 Å². The predicted octanol–water partition coefficient (Wildman–Crippen LogP) is 15.1. The average Bonchev–Trinajstić information content (AvgIpc) is 3.85. The van der Waals surface area contributed by atoms with Crippen molar-refractivity contribution >= 4 is 17.1 Å². The van der Waals surface area contributed by atoms with Crippen LogP contribution in [0, 0.1) is 0 Å². The summed E-state index contributed by atoms with van der Waals surface area (Å²) in [4.78, 5) is 2.49. The summed E-state index contributed by atoms with van der Waals surface area (Å²) < 4.78 is 0. The molecule has 0 saturated heterocycles. The zero-order valence-electron chi connectivity index (χ0n) is 33.2. The quantitative estimate of drug-likeness (QED) is 0.169. The molecule has 0 aromatic heterocycles. The molecule has 3 aliphatic rings. The Morgan fingerprint density at radius 3 is 1.34 bits per heavy atom. The third-order valence-electron chi connectivity index (χ3n) is 13.5. The summed E-state index contributed by atoms with van der Waals surface area (Å²) in [7, 11) is 0. The predicted molar refractivity (Wildman–Crippen MR) is 246 cm³/mol. The van der Waals surface area contributed by atoms with E-state index in [-0.39, 0.29) is 5.41 Å². The number of anilines is 3. The van der Waals surface area contributed by atoms with Gasteiger partial charge >= 0.3 is 0 Å². The van der Waals surface area contributed by atoms with Gasteiger partial charge in [-0.25, -0.2) is 0 Å². The Bertz CT molecular complexity index is 3070. The van der Waals surface area contributed by atoms with E-state index in [2.05, 4.69) is 231 Å². The second-order valence-electron chi connectivity index (χ2n) is 16.8. The van der Waals surface area contributed by atoms with Crippen molar-refractivity contribution < 1.29 is 0 Å². The molecular formula is C58H41N. The Hall–Kier alpha value is -7.22. The van der Waals surface area contributed by atoms with E-state index in [0.717, 1.165) is 17.1 Å². The molecule has 9 aromatic rings. The van der Waals surface area contributed by atoms with Gasteiger partial charge in [0.05, 0.1) is 11.1 Å². The lowest BCUT2D eigenvalue weighted by molar-refractivity contribution is 0.660. The number of benzene rings is 9. The number of rotatable bonds is 5. The van der Waals surface area contributed by atoms with Crippen molar-refractivity contribution in [1.82, 2.24) is 0 Å². The number of nitrogens with zero attached hydrogens (tertiary/aromatic N) is 1. The van der Waals surface area contributed by atoms with Crippen molar-refractivity contribution in [3.63, 3.8) is 0 Å². The lowest BCUT2D eigenvalue weighted by atomic mass is 9.70. The highest BCUT2D eigenvalue weighted by atomic mass is 15.1. The molecule has 0 bridgehead atoms. The van der Waals surface area contributed by atoms with Gasteiger partial charge in [-0.05, 0) is 120 Å². The smallest absolute Gasteiger partial charge is 0.0726 e. The van der Waals surface area contributed by atoms with Crippen LogP contribution < -0.4 is 4.90 Å². The fourth-order valence-electron chi connectivity index (χ4n) is 10.9. The molecule has 0 aliphatic heterocycles. The Kier molecular flexibility index (Phi) is 7.26. The topological polar surface area (TPSA) is 3.24 Å². The Morgan fingerprint density at radius 2 is 0.712 bits per heavy atom. The van der Waals surface area contributed by atoms with E-state index in [4.69, 9.17) is 0 Å². The van der Waals surface area contributed by atoms with Gasteiger partial charge in [-0.3, -0.25) is 0 Å². The van der Waals surface area contributed by atoms with Crippen molar-refractivity contribution in [3.8, 4) is 55.6 Å². The van der Waals surface area contributed by atoms with Crippen molar-refractivity contribution in [2.24, 2.45) is 0 Å². The maximum Gasteiger partial charge on any atom is 0.0726 e. The van der Waals surface area contributed by atoms with E-state index in [0.29, 0.717) is 0 Å². The van der Waals surface area contributed by atoms with Crippen molar-refractivity contribution in [2.75, 3.05) is 4.90 Å². The number of hydrogen-bond donors (Lipinski definition) is 0. The van der Waals surface area contributed by atoms with Crippen molar-refractivity contribution in [2.45, 2.75) is 24.7 Å². The fourth-order valence-corrected chi connectivity index (χ4v) is 10.9. The van der Waals surface area contributed by atoms with Gasteiger partial charge in [-0.2, -0.15) is 0 Å². The van der Waals surface area contributed by atoms with E-state index in [9.17, 15) is 0 Å². The summed E-state index contributed by atoms with van der Waals surface area (Å²) in [5.74, 6) is 0. The first-order valence-corrected chi connectivity index (χ1v) is 20.8. The fraction of sp³-hybridized carbons (Fsp3) is 0.0690. The molecule has 12 rings (SSSR count). The average molecular weight is 752 g/mol. The molecular weight excluding hydrogens is 711 g/mol. The summed E-state index contributed by atoms with van der Waals surface area (Å²) in [6.45, 7) is 4.73. The first-order valence-electron chi connectivity index (χ1n) is 20.8. The van der Waals surface area contributed by atoms with Crippen molar-refractivity contribution in [3.05, 3.63) is 246 Å². The molecule has 0 radical (unpaired) electrons. The monoisotopic (exact) mass is 751 g/mol. The highest BCUT2D eigenvalue weighted by molar-refractivity contribution is 5.97. The molecule has 1 nitrogen and oxygen atoms in total. The standard InChI is InChI=1S/C58H41N/c1-57(2)50-23-11-6-19-44(50)48-34-30-40(36-54(48)57)43-18-10-15-27-56(43)59(41-31-28-39(29-32-41)38-16-4-3-5-17-38)42-33-35-49-47-22-9-14-26-53(47)58(55(49)37-42)51-24-12-7-20-45(51)46-21-8-13-25-52(46)58/h3-37H,1-2H3. The molecule has 3 aliphatic carbocycles. The molecule has 0 amide bonds. The zero-order valence-corrected chi connectivity index (χ0v) is 33.2. The largest absolute Gasteiger partial charge is 0.310 e. The first-order chi connectivity index (χ1) is 29.0. The number of para-hydroxylation sites is 1. The summed E-state index contributed by atoms with van der Waals surface area (Å²) in [5.41, 5.74) is 23.8. The van der Waals surface area contributed by atoms with Crippen LogP contribution in [0.3, 0.4) is 0 Å². The van der Waals surface area contributed by atoms with Gasteiger partial charge in [0.15, 0.2) is 0 Å². The minimum atomic E-state index is -0.432. The number of hydrogen-bond acceptors (Lipinski definition) is 1. The lowest BCUT2D eigenvalue weighted by Gasteiger charge is -2.33. The second kappa shape index (κ2) is 12.6. The Balaban J connectivity index is 1.09. The minimum Gasteiger partial charge on any atom is -0.310 e. The minimum absolute atomic E-state index is 0.0962. The maximum atomic E-state index is 2.50. The highest BCUT2D eigenvalue weighted by Gasteiger charge is 2.51.